The molecule has 2 heterocycles. The molecule has 5 nitrogen and oxygen atoms in total. The summed E-state index contributed by atoms with van der Waals surface area (Å²) in [5.74, 6) is 0.0568. The fourth-order valence-electron chi connectivity index (χ4n) is 1.14. The van der Waals surface area contributed by atoms with Gasteiger partial charge in [0.2, 0.25) is 5.28 Å². The molecule has 84 valence electrons. The van der Waals surface area contributed by atoms with Gasteiger partial charge in [-0.1, -0.05) is 5.16 Å². The van der Waals surface area contributed by atoms with E-state index in [9.17, 15) is 4.39 Å². The van der Waals surface area contributed by atoms with E-state index in [2.05, 4.69) is 20.4 Å². The van der Waals surface area contributed by atoms with Crippen LogP contribution in [-0.4, -0.2) is 15.1 Å². The molecule has 0 aliphatic heterocycles. The van der Waals surface area contributed by atoms with E-state index in [1.807, 2.05) is 0 Å². The van der Waals surface area contributed by atoms with Gasteiger partial charge in [-0.25, -0.2) is 9.37 Å². The molecule has 0 bridgehead atoms. The van der Waals surface area contributed by atoms with Gasteiger partial charge < -0.3 is 9.84 Å². The average molecular weight is 243 g/mol. The lowest BCUT2D eigenvalue weighted by atomic mass is 10.4. The molecule has 1 N–H and O–H groups in total. The number of aromatic nitrogens is 3. The number of rotatable bonds is 3. The normalized spacial score (nSPS) is 10.4. The summed E-state index contributed by atoms with van der Waals surface area (Å²) in [5.41, 5.74) is 0.762. The second-order valence-electron chi connectivity index (χ2n) is 3.12. The number of aryl methyl sites for hydroxylation is 1. The van der Waals surface area contributed by atoms with Gasteiger partial charge in [0.25, 0.3) is 0 Å². The van der Waals surface area contributed by atoms with Gasteiger partial charge in [-0.05, 0) is 18.5 Å². The highest BCUT2D eigenvalue weighted by molar-refractivity contribution is 6.28. The molecule has 0 saturated heterocycles. The molecule has 16 heavy (non-hydrogen) atoms. The minimum Gasteiger partial charge on any atom is -0.360 e. The Morgan fingerprint density at radius 3 is 3.06 bits per heavy atom. The van der Waals surface area contributed by atoms with Crippen LogP contribution in [0.15, 0.2) is 16.8 Å². The fraction of sp³-hybridized carbons (Fsp3) is 0.222. The molecule has 0 radical (unpaired) electrons. The number of hydrogen-bond acceptors (Lipinski definition) is 5. The van der Waals surface area contributed by atoms with Crippen molar-refractivity contribution in [1.82, 2.24) is 15.1 Å². The summed E-state index contributed by atoms with van der Waals surface area (Å²) < 4.78 is 18.1. The Labute approximate surface area is 95.6 Å². The summed E-state index contributed by atoms with van der Waals surface area (Å²) in [6.07, 6.45) is 1.00. The van der Waals surface area contributed by atoms with E-state index in [0.717, 1.165) is 11.9 Å². The van der Waals surface area contributed by atoms with Crippen molar-refractivity contribution in [3.63, 3.8) is 0 Å². The Morgan fingerprint density at radius 2 is 2.38 bits per heavy atom. The minimum atomic E-state index is -0.569. The van der Waals surface area contributed by atoms with Crippen LogP contribution in [-0.2, 0) is 6.54 Å². The van der Waals surface area contributed by atoms with Crippen LogP contribution in [0.4, 0.5) is 10.2 Å². The van der Waals surface area contributed by atoms with Crippen LogP contribution < -0.4 is 5.32 Å². The molecule has 0 atom stereocenters. The monoisotopic (exact) mass is 242 g/mol. The molecule has 0 unspecified atom stereocenters. The molecule has 0 amide bonds. The molecular formula is C9H8ClFN4O. The van der Waals surface area contributed by atoms with Crippen LogP contribution in [0.5, 0.6) is 0 Å². The molecule has 0 spiro atoms. The topological polar surface area (TPSA) is 63.8 Å². The standard InChI is InChI=1S/C9H8ClFN4O/c1-5-2-6(16-15-5)3-12-8-7(11)4-13-9(10)14-8/h2,4H,3H2,1H3,(H,12,13,14). The molecule has 2 aromatic heterocycles. The molecule has 0 aromatic carbocycles. The first-order chi connectivity index (χ1) is 7.65. The zero-order valence-electron chi connectivity index (χ0n) is 8.37. The van der Waals surface area contributed by atoms with Crippen LogP contribution in [0.3, 0.4) is 0 Å². The Morgan fingerprint density at radius 1 is 1.56 bits per heavy atom. The Balaban J connectivity index is 2.07. The molecule has 0 saturated carbocycles. The largest absolute Gasteiger partial charge is 0.360 e. The third-order valence-electron chi connectivity index (χ3n) is 1.82. The number of anilines is 1. The van der Waals surface area contributed by atoms with E-state index < -0.39 is 5.82 Å². The van der Waals surface area contributed by atoms with Gasteiger partial charge >= 0.3 is 0 Å². The van der Waals surface area contributed by atoms with Gasteiger partial charge in [0.1, 0.15) is 0 Å². The summed E-state index contributed by atoms with van der Waals surface area (Å²) in [7, 11) is 0. The van der Waals surface area contributed by atoms with Crippen LogP contribution in [0.25, 0.3) is 0 Å². The van der Waals surface area contributed by atoms with Gasteiger partial charge in [0.05, 0.1) is 18.4 Å². The van der Waals surface area contributed by atoms with E-state index in [4.69, 9.17) is 16.1 Å². The first-order valence-corrected chi connectivity index (χ1v) is 4.87. The van der Waals surface area contributed by atoms with Crippen molar-refractivity contribution >= 4 is 17.4 Å². The Bertz CT molecular complexity index is 502. The minimum absolute atomic E-state index is 0.0161. The molecular weight excluding hydrogens is 235 g/mol. The lowest BCUT2D eigenvalue weighted by molar-refractivity contribution is 0.384. The van der Waals surface area contributed by atoms with Crippen molar-refractivity contribution in [1.29, 1.82) is 0 Å². The van der Waals surface area contributed by atoms with Gasteiger partial charge in [-0.2, -0.15) is 4.98 Å². The number of halogens is 2. The highest BCUT2D eigenvalue weighted by Crippen LogP contribution is 2.13. The summed E-state index contributed by atoms with van der Waals surface area (Å²) in [6.45, 7) is 2.08. The second-order valence-corrected chi connectivity index (χ2v) is 3.46. The average Bonchev–Trinajstić information content (AvgIpc) is 2.66. The molecule has 7 heteroatoms. The Hall–Kier alpha value is -1.69. The number of nitrogens with one attached hydrogen (secondary N) is 1. The van der Waals surface area contributed by atoms with E-state index in [-0.39, 0.29) is 17.6 Å². The van der Waals surface area contributed by atoms with Crippen LogP contribution in [0.2, 0.25) is 5.28 Å². The van der Waals surface area contributed by atoms with Gasteiger partial charge in [-0.15, -0.1) is 0 Å². The maximum absolute atomic E-state index is 13.2. The number of hydrogen-bond donors (Lipinski definition) is 1. The van der Waals surface area contributed by atoms with E-state index >= 15 is 0 Å². The highest BCUT2D eigenvalue weighted by atomic mass is 35.5. The predicted octanol–water partition coefficient (Wildman–Crippen LogP) is 2.18. The zero-order valence-corrected chi connectivity index (χ0v) is 9.12. The summed E-state index contributed by atoms with van der Waals surface area (Å²) >= 11 is 5.54. The first kappa shape index (κ1) is 10.8. The molecule has 2 rings (SSSR count). The van der Waals surface area contributed by atoms with Crippen molar-refractivity contribution in [3.8, 4) is 0 Å². The lowest BCUT2D eigenvalue weighted by Gasteiger charge is -2.03. The molecule has 0 fully saturated rings. The quantitative estimate of drug-likeness (QED) is 0.836. The highest BCUT2D eigenvalue weighted by Gasteiger charge is 2.07. The number of nitrogens with zero attached hydrogens (tertiary/aromatic N) is 3. The lowest BCUT2D eigenvalue weighted by Crippen LogP contribution is -2.03. The van der Waals surface area contributed by atoms with Crippen molar-refractivity contribution in [2.24, 2.45) is 0 Å². The fourth-order valence-corrected chi connectivity index (χ4v) is 1.27. The molecule has 0 aliphatic carbocycles. The van der Waals surface area contributed by atoms with E-state index in [1.165, 1.54) is 0 Å². The van der Waals surface area contributed by atoms with E-state index in [0.29, 0.717) is 5.76 Å². The Kier molecular flexibility index (Phi) is 3.00. The summed E-state index contributed by atoms with van der Waals surface area (Å²) in [5, 5.41) is 6.42. The second kappa shape index (κ2) is 4.44. The van der Waals surface area contributed by atoms with Gasteiger partial charge in [-0.3, -0.25) is 0 Å². The van der Waals surface area contributed by atoms with Crippen LogP contribution >= 0.6 is 11.6 Å². The first-order valence-electron chi connectivity index (χ1n) is 4.49. The van der Waals surface area contributed by atoms with Gasteiger partial charge in [0.15, 0.2) is 17.4 Å². The molecule has 0 aliphatic rings. The third-order valence-corrected chi connectivity index (χ3v) is 2.00. The van der Waals surface area contributed by atoms with Crippen molar-refractivity contribution in [2.45, 2.75) is 13.5 Å². The SMILES string of the molecule is Cc1cc(CNc2nc(Cl)ncc2F)on1. The van der Waals surface area contributed by atoms with E-state index in [1.54, 1.807) is 13.0 Å². The van der Waals surface area contributed by atoms with Crippen molar-refractivity contribution in [2.75, 3.05) is 5.32 Å². The van der Waals surface area contributed by atoms with Crippen LogP contribution in [0, 0.1) is 12.7 Å². The van der Waals surface area contributed by atoms with Crippen molar-refractivity contribution < 1.29 is 8.91 Å². The maximum Gasteiger partial charge on any atom is 0.224 e. The third kappa shape index (κ3) is 2.46. The smallest absolute Gasteiger partial charge is 0.224 e. The summed E-state index contributed by atoms with van der Waals surface area (Å²) in [6, 6.07) is 1.74. The van der Waals surface area contributed by atoms with Crippen LogP contribution in [0.1, 0.15) is 11.5 Å². The molecule has 2 aromatic rings. The summed E-state index contributed by atoms with van der Waals surface area (Å²) in [4.78, 5) is 7.20. The predicted molar refractivity (Wildman–Crippen MR) is 55.6 cm³/mol. The zero-order chi connectivity index (χ0) is 11.5. The van der Waals surface area contributed by atoms with Gasteiger partial charge in [0, 0.05) is 6.07 Å². The maximum atomic E-state index is 13.2. The van der Waals surface area contributed by atoms with Crippen molar-refractivity contribution in [3.05, 3.63) is 34.8 Å².